The molecule has 1 atom stereocenters. The van der Waals surface area contributed by atoms with Crippen LogP contribution in [-0.4, -0.2) is 18.2 Å². The van der Waals surface area contributed by atoms with Crippen molar-refractivity contribution < 1.29 is 22.8 Å². The number of halogens is 3. The summed E-state index contributed by atoms with van der Waals surface area (Å²) in [5, 5.41) is 0. The number of rotatable bonds is 4. The van der Waals surface area contributed by atoms with E-state index in [9.17, 15) is 22.8 Å². The summed E-state index contributed by atoms with van der Waals surface area (Å²) in [4.78, 5) is 21.7. The molecule has 1 aromatic rings. The molecule has 0 aliphatic carbocycles. The minimum Gasteiger partial charge on any atom is -0.366 e. The van der Waals surface area contributed by atoms with E-state index in [0.717, 1.165) is 18.2 Å². The van der Waals surface area contributed by atoms with Crippen molar-refractivity contribution in [1.29, 1.82) is 0 Å². The second-order valence-corrected chi connectivity index (χ2v) is 3.27. The van der Waals surface area contributed by atoms with Crippen LogP contribution in [-0.2, 0) is 0 Å². The molecule has 0 aromatic heterocycles. The van der Waals surface area contributed by atoms with E-state index in [1.165, 1.54) is 0 Å². The fraction of sp³-hybridized carbons (Fsp3) is 0.200. The van der Waals surface area contributed by atoms with E-state index in [-0.39, 0.29) is 5.56 Å². The lowest BCUT2D eigenvalue weighted by atomic mass is 9.99. The van der Waals surface area contributed by atoms with Crippen LogP contribution in [0.25, 0.3) is 0 Å². The lowest BCUT2D eigenvalue weighted by molar-refractivity contribution is 0.0489. The zero-order chi connectivity index (χ0) is 13.2. The van der Waals surface area contributed by atoms with Gasteiger partial charge in [0.1, 0.15) is 0 Å². The third-order valence-corrected chi connectivity index (χ3v) is 2.12. The molecule has 0 saturated heterocycles. The van der Waals surface area contributed by atoms with Crippen molar-refractivity contribution in [1.82, 2.24) is 0 Å². The predicted molar refractivity (Wildman–Crippen MR) is 53.3 cm³/mol. The SMILES string of the molecule is NC(=O)c1ccc(C(N)=O)c(C(F)C(F)F)c1. The maximum absolute atomic E-state index is 13.2. The first-order valence-electron chi connectivity index (χ1n) is 4.50. The zero-order valence-electron chi connectivity index (χ0n) is 8.49. The first-order chi connectivity index (χ1) is 7.84. The highest BCUT2D eigenvalue weighted by Gasteiger charge is 2.26. The number of carbonyl (C=O) groups is 2. The Bertz CT molecular complexity index is 463. The van der Waals surface area contributed by atoms with Crippen molar-refractivity contribution in [2.24, 2.45) is 11.5 Å². The fourth-order valence-electron chi connectivity index (χ4n) is 1.30. The van der Waals surface area contributed by atoms with Crippen LogP contribution in [0.2, 0.25) is 0 Å². The summed E-state index contributed by atoms with van der Waals surface area (Å²) in [5.41, 5.74) is 8.62. The molecule has 1 aromatic carbocycles. The molecule has 0 spiro atoms. The van der Waals surface area contributed by atoms with Gasteiger partial charge in [-0.05, 0) is 18.2 Å². The van der Waals surface area contributed by atoms with Gasteiger partial charge in [-0.3, -0.25) is 9.59 Å². The number of nitrogens with two attached hydrogens (primary N) is 2. The lowest BCUT2D eigenvalue weighted by Gasteiger charge is -2.12. The van der Waals surface area contributed by atoms with Gasteiger partial charge in [0.2, 0.25) is 11.8 Å². The van der Waals surface area contributed by atoms with Crippen molar-refractivity contribution in [2.75, 3.05) is 0 Å². The van der Waals surface area contributed by atoms with Crippen LogP contribution < -0.4 is 11.5 Å². The van der Waals surface area contributed by atoms with Crippen molar-refractivity contribution in [3.63, 3.8) is 0 Å². The molecule has 1 unspecified atom stereocenters. The Morgan fingerprint density at radius 1 is 1.06 bits per heavy atom. The molecule has 0 fully saturated rings. The fourth-order valence-corrected chi connectivity index (χ4v) is 1.30. The van der Waals surface area contributed by atoms with Gasteiger partial charge in [-0.15, -0.1) is 0 Å². The quantitative estimate of drug-likeness (QED) is 0.835. The van der Waals surface area contributed by atoms with Crippen LogP contribution in [0.5, 0.6) is 0 Å². The number of hydrogen-bond donors (Lipinski definition) is 2. The average molecular weight is 246 g/mol. The second kappa shape index (κ2) is 4.86. The highest BCUT2D eigenvalue weighted by Crippen LogP contribution is 2.28. The van der Waals surface area contributed by atoms with E-state index in [2.05, 4.69) is 0 Å². The highest BCUT2D eigenvalue weighted by molar-refractivity contribution is 5.98. The van der Waals surface area contributed by atoms with Gasteiger partial charge in [0.25, 0.3) is 6.43 Å². The van der Waals surface area contributed by atoms with E-state index < -0.39 is 35.5 Å². The molecular weight excluding hydrogens is 237 g/mol. The van der Waals surface area contributed by atoms with Crippen molar-refractivity contribution in [3.05, 3.63) is 34.9 Å². The summed E-state index contributed by atoms with van der Waals surface area (Å²) >= 11 is 0. The second-order valence-electron chi connectivity index (χ2n) is 3.27. The average Bonchev–Trinajstić information content (AvgIpc) is 2.26. The summed E-state index contributed by atoms with van der Waals surface area (Å²) in [6.45, 7) is 0. The minimum atomic E-state index is -3.32. The van der Waals surface area contributed by atoms with Gasteiger partial charge in [0, 0.05) is 16.7 Å². The molecule has 2 amide bonds. The maximum atomic E-state index is 13.2. The molecule has 17 heavy (non-hydrogen) atoms. The third-order valence-electron chi connectivity index (χ3n) is 2.12. The van der Waals surface area contributed by atoms with Crippen LogP contribution in [0.15, 0.2) is 18.2 Å². The number of hydrogen-bond acceptors (Lipinski definition) is 2. The molecule has 0 saturated carbocycles. The topological polar surface area (TPSA) is 86.2 Å². The number of benzene rings is 1. The van der Waals surface area contributed by atoms with Gasteiger partial charge in [0.05, 0.1) is 0 Å². The normalized spacial score (nSPS) is 12.5. The van der Waals surface area contributed by atoms with Gasteiger partial charge in [-0.1, -0.05) is 0 Å². The van der Waals surface area contributed by atoms with Crippen molar-refractivity contribution in [3.8, 4) is 0 Å². The van der Waals surface area contributed by atoms with E-state index in [0.29, 0.717) is 0 Å². The predicted octanol–water partition coefficient (Wildman–Crippen LogP) is 1.16. The Kier molecular flexibility index (Phi) is 3.72. The molecule has 0 aliphatic rings. The van der Waals surface area contributed by atoms with Gasteiger partial charge >= 0.3 is 0 Å². The van der Waals surface area contributed by atoms with Gasteiger partial charge < -0.3 is 11.5 Å². The number of alkyl halides is 3. The molecule has 4 N–H and O–H groups in total. The first-order valence-corrected chi connectivity index (χ1v) is 4.50. The van der Waals surface area contributed by atoms with Gasteiger partial charge in [-0.2, -0.15) is 0 Å². The Hall–Kier alpha value is -2.05. The highest BCUT2D eigenvalue weighted by atomic mass is 19.3. The van der Waals surface area contributed by atoms with E-state index in [1.807, 2.05) is 0 Å². The molecular formula is C10H9F3N2O2. The standard InChI is InChI=1S/C10H9F3N2O2/c11-7(8(12)13)6-3-4(9(14)16)1-2-5(6)10(15)17/h1-3,7-8H,(H2,14,16)(H2,15,17). The molecule has 0 bridgehead atoms. The molecule has 4 nitrogen and oxygen atoms in total. The molecule has 0 radical (unpaired) electrons. The van der Waals surface area contributed by atoms with Crippen molar-refractivity contribution in [2.45, 2.75) is 12.6 Å². The number of carbonyl (C=O) groups excluding carboxylic acids is 2. The Morgan fingerprint density at radius 3 is 2.06 bits per heavy atom. The van der Waals surface area contributed by atoms with Gasteiger partial charge in [-0.25, -0.2) is 13.2 Å². The Balaban J connectivity index is 3.35. The Morgan fingerprint density at radius 2 is 1.65 bits per heavy atom. The maximum Gasteiger partial charge on any atom is 0.273 e. The molecule has 92 valence electrons. The molecule has 0 aliphatic heterocycles. The third kappa shape index (κ3) is 2.74. The smallest absolute Gasteiger partial charge is 0.273 e. The van der Waals surface area contributed by atoms with E-state index >= 15 is 0 Å². The van der Waals surface area contributed by atoms with Crippen molar-refractivity contribution >= 4 is 11.8 Å². The number of primary amides is 2. The minimum absolute atomic E-state index is 0.173. The van der Waals surface area contributed by atoms with Crippen LogP contribution in [0.4, 0.5) is 13.2 Å². The van der Waals surface area contributed by atoms with Crippen LogP contribution in [0.1, 0.15) is 32.5 Å². The first kappa shape index (κ1) is 13.0. The Labute approximate surface area is 94.4 Å². The summed E-state index contributed by atoms with van der Waals surface area (Å²) in [5.74, 6) is -1.97. The summed E-state index contributed by atoms with van der Waals surface area (Å²) in [7, 11) is 0. The summed E-state index contributed by atoms with van der Waals surface area (Å²) in [6, 6.07) is 2.91. The monoisotopic (exact) mass is 246 g/mol. The molecule has 0 heterocycles. The molecule has 7 heteroatoms. The van der Waals surface area contributed by atoms with E-state index in [4.69, 9.17) is 11.5 Å². The zero-order valence-corrected chi connectivity index (χ0v) is 8.49. The van der Waals surface area contributed by atoms with Crippen LogP contribution in [0, 0.1) is 0 Å². The molecule has 1 rings (SSSR count). The summed E-state index contributed by atoms with van der Waals surface area (Å²) in [6.07, 6.45) is -6.02. The van der Waals surface area contributed by atoms with Gasteiger partial charge in [0.15, 0.2) is 6.17 Å². The lowest BCUT2D eigenvalue weighted by Crippen LogP contribution is -2.19. The van der Waals surface area contributed by atoms with Crippen LogP contribution >= 0.6 is 0 Å². The van der Waals surface area contributed by atoms with Crippen LogP contribution in [0.3, 0.4) is 0 Å². The number of amides is 2. The summed E-state index contributed by atoms with van der Waals surface area (Å²) < 4.78 is 37.7. The largest absolute Gasteiger partial charge is 0.366 e. The van der Waals surface area contributed by atoms with E-state index in [1.54, 1.807) is 0 Å².